The molecule has 2 aromatic heterocycles. The summed E-state index contributed by atoms with van der Waals surface area (Å²) in [4.78, 5) is 16.6. The number of aryl methyl sites for hydroxylation is 3. The van der Waals surface area contributed by atoms with Crippen LogP contribution in [0.25, 0.3) is 11.0 Å². The van der Waals surface area contributed by atoms with Crippen molar-refractivity contribution in [3.8, 4) is 5.88 Å². The molecule has 0 aliphatic carbocycles. The number of carbonyl (C=O) groups excluding carboxylic acids is 1. The number of nitrogens with one attached hydrogen (secondary N) is 1. The molecule has 6 nitrogen and oxygen atoms in total. The fraction of sp³-hybridized carbons (Fsp3) is 0.350. The van der Waals surface area contributed by atoms with Crippen LogP contribution < -0.4 is 10.1 Å². The highest BCUT2D eigenvalue weighted by molar-refractivity contribution is 5.94. The van der Waals surface area contributed by atoms with Crippen LogP contribution in [-0.4, -0.2) is 26.8 Å². The van der Waals surface area contributed by atoms with Crippen LogP contribution in [0.4, 0.5) is 18.9 Å². The Balaban J connectivity index is 1.89. The van der Waals surface area contributed by atoms with Gasteiger partial charge in [-0.3, -0.25) is 9.48 Å². The smallest absolute Gasteiger partial charge is 0.417 e. The van der Waals surface area contributed by atoms with E-state index >= 15 is 0 Å². The predicted octanol–water partition coefficient (Wildman–Crippen LogP) is 4.26. The number of ether oxygens (including phenoxy) is 1. The van der Waals surface area contributed by atoms with Crippen LogP contribution in [-0.2, 0) is 24.4 Å². The number of para-hydroxylation sites is 1. The quantitative estimate of drug-likeness (QED) is 0.687. The number of anilines is 1. The average molecular weight is 406 g/mol. The number of benzene rings is 1. The number of fused-ring (bicyclic) bond motifs is 1. The van der Waals surface area contributed by atoms with Crippen LogP contribution >= 0.6 is 0 Å². The molecule has 154 valence electrons. The van der Waals surface area contributed by atoms with Crippen molar-refractivity contribution >= 4 is 22.6 Å². The van der Waals surface area contributed by atoms with E-state index in [2.05, 4.69) is 15.4 Å². The van der Waals surface area contributed by atoms with E-state index in [0.29, 0.717) is 5.69 Å². The summed E-state index contributed by atoms with van der Waals surface area (Å²) in [5.41, 5.74) is 0.938. The minimum atomic E-state index is -4.61. The zero-order valence-corrected chi connectivity index (χ0v) is 16.5. The molecule has 9 heteroatoms. The molecule has 3 aromatic rings. The van der Waals surface area contributed by atoms with Crippen molar-refractivity contribution in [1.29, 1.82) is 0 Å². The Bertz CT molecular complexity index is 1060. The van der Waals surface area contributed by atoms with Gasteiger partial charge in [0.25, 0.3) is 5.91 Å². The molecule has 0 fully saturated rings. The second-order valence-corrected chi connectivity index (χ2v) is 6.67. The van der Waals surface area contributed by atoms with E-state index in [1.165, 1.54) is 25.6 Å². The largest absolute Gasteiger partial charge is 0.464 e. The predicted molar refractivity (Wildman–Crippen MR) is 103 cm³/mol. The molecule has 0 bridgehead atoms. The molecule has 29 heavy (non-hydrogen) atoms. The van der Waals surface area contributed by atoms with Gasteiger partial charge in [-0.05, 0) is 31.9 Å². The van der Waals surface area contributed by atoms with E-state index in [-0.39, 0.29) is 22.6 Å². The minimum Gasteiger partial charge on any atom is -0.464 e. The maximum Gasteiger partial charge on any atom is 0.417 e. The van der Waals surface area contributed by atoms with E-state index in [1.807, 2.05) is 19.1 Å². The summed E-state index contributed by atoms with van der Waals surface area (Å²) < 4.78 is 47.4. The van der Waals surface area contributed by atoms with Crippen LogP contribution in [0.3, 0.4) is 0 Å². The normalized spacial score (nSPS) is 12.8. The second kappa shape index (κ2) is 7.73. The highest BCUT2D eigenvalue weighted by Gasteiger charge is 2.36. The molecule has 0 radical (unpaired) electrons. The first kappa shape index (κ1) is 20.6. The number of amides is 1. The highest BCUT2D eigenvalue weighted by atomic mass is 19.4. The van der Waals surface area contributed by atoms with Crippen molar-refractivity contribution in [2.75, 3.05) is 5.32 Å². The maximum absolute atomic E-state index is 13.6. The second-order valence-electron chi connectivity index (χ2n) is 6.67. The van der Waals surface area contributed by atoms with E-state index < -0.39 is 23.8 Å². The van der Waals surface area contributed by atoms with Crippen LogP contribution in [0, 0.1) is 6.92 Å². The average Bonchev–Trinajstić information content (AvgIpc) is 2.94. The van der Waals surface area contributed by atoms with Gasteiger partial charge < -0.3 is 10.1 Å². The van der Waals surface area contributed by atoms with Gasteiger partial charge in [0.1, 0.15) is 0 Å². The summed E-state index contributed by atoms with van der Waals surface area (Å²) in [5.74, 6) is -0.776. The first-order valence-corrected chi connectivity index (χ1v) is 9.08. The van der Waals surface area contributed by atoms with Crippen LogP contribution in [0.15, 0.2) is 30.3 Å². The Labute approximate surface area is 165 Å². The number of carbonyl (C=O) groups is 1. The molecule has 1 amide bonds. The Morgan fingerprint density at radius 2 is 2.00 bits per heavy atom. The lowest BCUT2D eigenvalue weighted by molar-refractivity contribution is -0.136. The third kappa shape index (κ3) is 4.18. The molecule has 1 aromatic carbocycles. The van der Waals surface area contributed by atoms with Gasteiger partial charge in [-0.1, -0.05) is 25.1 Å². The molecule has 0 aliphatic heterocycles. The lowest BCUT2D eigenvalue weighted by Gasteiger charge is -2.17. The van der Waals surface area contributed by atoms with E-state index in [9.17, 15) is 18.0 Å². The fourth-order valence-electron chi connectivity index (χ4n) is 3.13. The molecule has 1 N–H and O–H groups in total. The van der Waals surface area contributed by atoms with Crippen molar-refractivity contribution in [1.82, 2.24) is 14.8 Å². The lowest BCUT2D eigenvalue weighted by atomic mass is 10.1. The first-order chi connectivity index (χ1) is 13.6. The zero-order chi connectivity index (χ0) is 21.3. The van der Waals surface area contributed by atoms with Crippen molar-refractivity contribution in [3.05, 3.63) is 47.2 Å². The number of nitrogens with zero attached hydrogens (tertiary/aromatic N) is 3. The molecule has 0 spiro atoms. The number of rotatable bonds is 5. The number of hydrogen-bond acceptors (Lipinski definition) is 4. The van der Waals surface area contributed by atoms with Gasteiger partial charge in [0.05, 0.1) is 16.6 Å². The van der Waals surface area contributed by atoms with Crippen molar-refractivity contribution in [2.24, 2.45) is 7.05 Å². The van der Waals surface area contributed by atoms with E-state index in [4.69, 9.17) is 4.74 Å². The molecule has 3 rings (SSSR count). The molecule has 0 saturated carbocycles. The molecule has 0 aliphatic rings. The molecular formula is C20H21F3N4O2. The third-order valence-corrected chi connectivity index (χ3v) is 4.57. The Morgan fingerprint density at radius 3 is 2.66 bits per heavy atom. The molecular weight excluding hydrogens is 385 g/mol. The number of pyridine rings is 1. The van der Waals surface area contributed by atoms with Gasteiger partial charge in [-0.15, -0.1) is 0 Å². The third-order valence-electron chi connectivity index (χ3n) is 4.57. The minimum absolute atomic E-state index is 0.0382. The maximum atomic E-state index is 13.6. The fourth-order valence-corrected chi connectivity index (χ4v) is 3.13. The topological polar surface area (TPSA) is 69.0 Å². The molecule has 1 unspecified atom stereocenters. The Hall–Kier alpha value is -3.10. The first-order valence-electron chi connectivity index (χ1n) is 9.08. The molecule has 1 atom stereocenters. The number of alkyl halides is 3. The van der Waals surface area contributed by atoms with Crippen molar-refractivity contribution in [3.63, 3.8) is 0 Å². The summed E-state index contributed by atoms with van der Waals surface area (Å²) in [6, 6.07) is 8.10. The van der Waals surface area contributed by atoms with Crippen LogP contribution in [0.2, 0.25) is 0 Å². The highest BCUT2D eigenvalue weighted by Crippen LogP contribution is 2.37. The number of hydrogen-bond donors (Lipinski definition) is 1. The van der Waals surface area contributed by atoms with Gasteiger partial charge in [0, 0.05) is 18.8 Å². The summed E-state index contributed by atoms with van der Waals surface area (Å²) in [6.45, 7) is 4.90. The van der Waals surface area contributed by atoms with Crippen molar-refractivity contribution in [2.45, 2.75) is 39.5 Å². The monoisotopic (exact) mass is 406 g/mol. The van der Waals surface area contributed by atoms with Gasteiger partial charge in [-0.25, -0.2) is 0 Å². The number of aromatic nitrogens is 3. The van der Waals surface area contributed by atoms with E-state index in [0.717, 1.165) is 18.1 Å². The summed E-state index contributed by atoms with van der Waals surface area (Å²) in [6.07, 6.45) is -4.95. The Morgan fingerprint density at radius 1 is 1.31 bits per heavy atom. The molecule has 2 heterocycles. The Kier molecular flexibility index (Phi) is 5.50. The zero-order valence-electron chi connectivity index (χ0n) is 16.5. The van der Waals surface area contributed by atoms with Gasteiger partial charge >= 0.3 is 6.18 Å². The SMILES string of the molecule is CCc1ccccc1NC(=O)C(C)Oc1cc(C(F)(F)F)c2c(C)nn(C)c2n1. The lowest BCUT2D eigenvalue weighted by Crippen LogP contribution is -2.31. The van der Waals surface area contributed by atoms with Crippen molar-refractivity contribution < 1.29 is 22.7 Å². The summed E-state index contributed by atoms with van der Waals surface area (Å²) in [7, 11) is 1.50. The van der Waals surface area contributed by atoms with Crippen LogP contribution in [0.5, 0.6) is 5.88 Å². The van der Waals surface area contributed by atoms with Gasteiger partial charge in [0.2, 0.25) is 5.88 Å². The van der Waals surface area contributed by atoms with Gasteiger partial charge in [-0.2, -0.15) is 23.3 Å². The van der Waals surface area contributed by atoms with E-state index in [1.54, 1.807) is 12.1 Å². The van der Waals surface area contributed by atoms with Crippen LogP contribution in [0.1, 0.15) is 30.7 Å². The van der Waals surface area contributed by atoms with Gasteiger partial charge in [0.15, 0.2) is 11.8 Å². The molecule has 0 saturated heterocycles. The summed E-state index contributed by atoms with van der Waals surface area (Å²) >= 11 is 0. The summed E-state index contributed by atoms with van der Waals surface area (Å²) in [5, 5.41) is 6.68. The number of halogens is 3. The standard InChI is InChI=1S/C20H21F3N4O2/c1-5-13-8-6-7-9-15(13)24-19(28)12(3)29-16-10-14(20(21,22)23)17-11(2)26-27(4)18(17)25-16/h6-10,12H,5H2,1-4H3,(H,24,28).